The third kappa shape index (κ3) is 2.85. The molecule has 0 bridgehead atoms. The molecule has 0 aliphatic rings. The molecule has 5 heteroatoms. The van der Waals surface area contributed by atoms with E-state index in [0.29, 0.717) is 22.4 Å². The topological polar surface area (TPSA) is 75.8 Å². The summed E-state index contributed by atoms with van der Waals surface area (Å²) in [6.45, 7) is 1.51. The summed E-state index contributed by atoms with van der Waals surface area (Å²) in [6, 6.07) is 16.0. The van der Waals surface area contributed by atoms with E-state index in [-0.39, 0.29) is 5.78 Å². The molecule has 0 atom stereocenters. The van der Waals surface area contributed by atoms with Crippen LogP contribution in [-0.4, -0.2) is 21.8 Å². The van der Waals surface area contributed by atoms with Crippen molar-refractivity contribution in [1.29, 1.82) is 5.26 Å². The average Bonchev–Trinajstić information content (AvgIpc) is 3.06. The Morgan fingerprint density at radius 2 is 1.79 bits per heavy atom. The summed E-state index contributed by atoms with van der Waals surface area (Å²) in [5, 5.41) is 13.3. The van der Waals surface area contributed by atoms with Crippen molar-refractivity contribution in [3.63, 3.8) is 0 Å². The van der Waals surface area contributed by atoms with Gasteiger partial charge in [-0.15, -0.1) is 0 Å². The maximum atomic E-state index is 11.4. The zero-order chi connectivity index (χ0) is 17.1. The predicted octanol–water partition coefficient (Wildman–Crippen LogP) is 3.43. The number of aromatic nitrogens is 2. The van der Waals surface area contributed by atoms with Crippen LogP contribution in [0.4, 0.5) is 0 Å². The van der Waals surface area contributed by atoms with Gasteiger partial charge < -0.3 is 0 Å². The molecule has 0 saturated heterocycles. The number of benzene rings is 2. The number of hydrogen-bond acceptors (Lipinski definition) is 4. The molecule has 0 radical (unpaired) electrons. The summed E-state index contributed by atoms with van der Waals surface area (Å²) < 4.78 is 1.60. The van der Waals surface area contributed by atoms with Crippen LogP contribution in [0.1, 0.15) is 33.2 Å². The lowest BCUT2D eigenvalue weighted by Gasteiger charge is -2.02. The smallest absolute Gasteiger partial charge is 0.159 e. The first-order valence-electron chi connectivity index (χ1n) is 7.29. The molecule has 5 nitrogen and oxygen atoms in total. The molecule has 0 fully saturated rings. The number of rotatable bonds is 4. The Morgan fingerprint density at radius 3 is 2.33 bits per heavy atom. The highest BCUT2D eigenvalue weighted by molar-refractivity contribution is 5.94. The van der Waals surface area contributed by atoms with Crippen LogP contribution in [0.15, 0.2) is 54.7 Å². The molecule has 116 valence electrons. The Labute approximate surface area is 138 Å². The van der Waals surface area contributed by atoms with Crippen LogP contribution in [0.3, 0.4) is 0 Å². The van der Waals surface area contributed by atoms with Crippen LogP contribution in [0.2, 0.25) is 0 Å². The van der Waals surface area contributed by atoms with Crippen LogP contribution in [0, 0.1) is 11.3 Å². The largest absolute Gasteiger partial charge is 0.298 e. The number of ketones is 1. The maximum Gasteiger partial charge on any atom is 0.159 e. The Balaban J connectivity index is 2.02. The van der Waals surface area contributed by atoms with Gasteiger partial charge in [0.1, 0.15) is 5.69 Å². The van der Waals surface area contributed by atoms with Gasteiger partial charge in [0, 0.05) is 17.3 Å². The molecule has 0 saturated carbocycles. The first-order valence-corrected chi connectivity index (χ1v) is 7.29. The number of nitrogens with zero attached hydrogens (tertiary/aromatic N) is 3. The highest BCUT2D eigenvalue weighted by atomic mass is 16.1. The molecule has 0 unspecified atom stereocenters. The van der Waals surface area contributed by atoms with Gasteiger partial charge in [0.25, 0.3) is 0 Å². The molecular weight excluding hydrogens is 302 g/mol. The molecule has 0 spiro atoms. The third-order valence-electron chi connectivity index (χ3n) is 3.70. The number of hydrogen-bond donors (Lipinski definition) is 0. The van der Waals surface area contributed by atoms with E-state index in [0.717, 1.165) is 17.5 Å². The number of nitriles is 1. The Morgan fingerprint density at radius 1 is 1.12 bits per heavy atom. The molecule has 24 heavy (non-hydrogen) atoms. The van der Waals surface area contributed by atoms with Crippen molar-refractivity contribution in [2.75, 3.05) is 0 Å². The summed E-state index contributed by atoms with van der Waals surface area (Å²) in [6.07, 6.45) is 2.39. The first-order chi connectivity index (χ1) is 11.6. The molecule has 1 aromatic heterocycles. The van der Waals surface area contributed by atoms with Gasteiger partial charge in [0.15, 0.2) is 12.1 Å². The summed E-state index contributed by atoms with van der Waals surface area (Å²) in [4.78, 5) is 22.7. The SMILES string of the molecule is CC(=O)c1ccc(-c2nn(-c3ccc(C#N)cc3)cc2C=O)cc1. The standard InChI is InChI=1S/C19H13N3O2/c1-13(24)15-4-6-16(7-5-15)19-17(12-23)11-22(21-19)18-8-2-14(10-20)3-9-18/h2-9,11-12H,1H3. The van der Waals surface area contributed by atoms with Crippen molar-refractivity contribution in [3.8, 4) is 23.0 Å². The van der Waals surface area contributed by atoms with Gasteiger partial charge >= 0.3 is 0 Å². The van der Waals surface area contributed by atoms with Crippen LogP contribution < -0.4 is 0 Å². The summed E-state index contributed by atoms with van der Waals surface area (Å²) >= 11 is 0. The molecule has 1 heterocycles. The lowest BCUT2D eigenvalue weighted by Crippen LogP contribution is -1.95. The van der Waals surface area contributed by atoms with E-state index in [1.165, 1.54) is 6.92 Å². The van der Waals surface area contributed by atoms with Gasteiger partial charge in [0.05, 0.1) is 22.9 Å². The molecule has 0 aliphatic carbocycles. The second-order valence-corrected chi connectivity index (χ2v) is 5.29. The van der Waals surface area contributed by atoms with Crippen molar-refractivity contribution in [2.24, 2.45) is 0 Å². The molecule has 0 aliphatic heterocycles. The minimum atomic E-state index is -0.0136. The van der Waals surface area contributed by atoms with E-state index in [2.05, 4.69) is 11.2 Å². The zero-order valence-electron chi connectivity index (χ0n) is 12.9. The highest BCUT2D eigenvalue weighted by Crippen LogP contribution is 2.23. The van der Waals surface area contributed by atoms with Crippen molar-refractivity contribution < 1.29 is 9.59 Å². The lowest BCUT2D eigenvalue weighted by atomic mass is 10.1. The van der Waals surface area contributed by atoms with E-state index in [4.69, 9.17) is 5.26 Å². The van der Waals surface area contributed by atoms with Crippen molar-refractivity contribution >= 4 is 12.1 Å². The quantitative estimate of drug-likeness (QED) is 0.546. The molecule has 3 rings (SSSR count). The van der Waals surface area contributed by atoms with Crippen molar-refractivity contribution in [3.05, 3.63) is 71.4 Å². The van der Waals surface area contributed by atoms with Gasteiger partial charge in [-0.3, -0.25) is 9.59 Å². The Kier molecular flexibility index (Phi) is 4.04. The third-order valence-corrected chi connectivity index (χ3v) is 3.70. The summed E-state index contributed by atoms with van der Waals surface area (Å²) in [7, 11) is 0. The molecule has 2 aromatic carbocycles. The lowest BCUT2D eigenvalue weighted by molar-refractivity contribution is 0.101. The normalized spacial score (nSPS) is 10.2. The number of carbonyl (C=O) groups excluding carboxylic acids is 2. The van der Waals surface area contributed by atoms with Crippen LogP contribution in [-0.2, 0) is 0 Å². The second kappa shape index (κ2) is 6.31. The summed E-state index contributed by atoms with van der Waals surface area (Å²) in [5.74, 6) is -0.0136. The fourth-order valence-electron chi connectivity index (χ4n) is 2.38. The Bertz CT molecular complexity index is 946. The number of carbonyl (C=O) groups is 2. The predicted molar refractivity (Wildman–Crippen MR) is 89.1 cm³/mol. The van der Waals surface area contributed by atoms with Crippen molar-refractivity contribution in [1.82, 2.24) is 9.78 Å². The fourth-order valence-corrected chi connectivity index (χ4v) is 2.38. The highest BCUT2D eigenvalue weighted by Gasteiger charge is 2.12. The number of Topliss-reactive ketones (excluding diaryl/α,β-unsaturated/α-hetero) is 1. The second-order valence-electron chi connectivity index (χ2n) is 5.29. The Hall–Kier alpha value is -3.52. The first kappa shape index (κ1) is 15.4. The van der Waals surface area contributed by atoms with Crippen LogP contribution in [0.5, 0.6) is 0 Å². The van der Waals surface area contributed by atoms with Gasteiger partial charge in [-0.2, -0.15) is 10.4 Å². The van der Waals surface area contributed by atoms with Crippen LogP contribution in [0.25, 0.3) is 16.9 Å². The summed E-state index contributed by atoms with van der Waals surface area (Å²) in [5.41, 5.74) is 3.68. The minimum Gasteiger partial charge on any atom is -0.298 e. The molecular formula is C19H13N3O2. The van der Waals surface area contributed by atoms with Gasteiger partial charge in [-0.1, -0.05) is 24.3 Å². The maximum absolute atomic E-state index is 11.4. The van der Waals surface area contributed by atoms with Gasteiger partial charge in [-0.25, -0.2) is 4.68 Å². The van der Waals surface area contributed by atoms with E-state index in [9.17, 15) is 9.59 Å². The van der Waals surface area contributed by atoms with Gasteiger partial charge in [0.2, 0.25) is 0 Å². The monoisotopic (exact) mass is 315 g/mol. The van der Waals surface area contributed by atoms with Gasteiger partial charge in [-0.05, 0) is 31.2 Å². The minimum absolute atomic E-state index is 0.0136. The van der Waals surface area contributed by atoms with E-state index in [1.54, 1.807) is 59.4 Å². The van der Waals surface area contributed by atoms with Crippen molar-refractivity contribution in [2.45, 2.75) is 6.92 Å². The van der Waals surface area contributed by atoms with E-state index < -0.39 is 0 Å². The number of aldehydes is 1. The fraction of sp³-hybridized carbons (Fsp3) is 0.0526. The molecule has 0 amide bonds. The molecule has 0 N–H and O–H groups in total. The zero-order valence-corrected chi connectivity index (χ0v) is 12.9. The van der Waals surface area contributed by atoms with E-state index >= 15 is 0 Å². The van der Waals surface area contributed by atoms with Crippen LogP contribution >= 0.6 is 0 Å². The molecule has 3 aromatic rings. The average molecular weight is 315 g/mol. The van der Waals surface area contributed by atoms with E-state index in [1.807, 2.05) is 0 Å².